The van der Waals surface area contributed by atoms with Gasteiger partial charge >= 0.3 is 12.6 Å². The third-order valence-electron chi connectivity index (χ3n) is 3.03. The molecule has 1 aliphatic carbocycles. The van der Waals surface area contributed by atoms with Crippen molar-refractivity contribution in [1.82, 2.24) is 5.32 Å². The number of benzene rings is 1. The number of amides is 2. The lowest BCUT2D eigenvalue weighted by Gasteiger charge is -2.13. The molecule has 1 fully saturated rings. The SMILES string of the molecule is CC(NC(=O)Nc1ccc(OC(F)F)cc1)C1CC1. The van der Waals surface area contributed by atoms with E-state index in [2.05, 4.69) is 15.4 Å². The topological polar surface area (TPSA) is 50.4 Å². The summed E-state index contributed by atoms with van der Waals surface area (Å²) >= 11 is 0. The number of urea groups is 1. The Kier molecular flexibility index (Phi) is 4.19. The Morgan fingerprint density at radius 2 is 1.95 bits per heavy atom. The van der Waals surface area contributed by atoms with Gasteiger partial charge in [-0.1, -0.05) is 0 Å². The Balaban J connectivity index is 1.82. The van der Waals surface area contributed by atoms with E-state index in [4.69, 9.17) is 0 Å². The lowest BCUT2D eigenvalue weighted by Crippen LogP contribution is -2.37. The minimum Gasteiger partial charge on any atom is -0.435 e. The average Bonchev–Trinajstić information content (AvgIpc) is 3.14. The first kappa shape index (κ1) is 13.6. The molecule has 0 spiro atoms. The van der Waals surface area contributed by atoms with Gasteiger partial charge in [0, 0.05) is 11.7 Å². The maximum absolute atomic E-state index is 12.0. The summed E-state index contributed by atoms with van der Waals surface area (Å²) in [5.41, 5.74) is 0.530. The highest BCUT2D eigenvalue weighted by Gasteiger charge is 2.28. The van der Waals surface area contributed by atoms with Gasteiger partial charge in [-0.15, -0.1) is 0 Å². The Morgan fingerprint density at radius 1 is 1.32 bits per heavy atom. The zero-order valence-electron chi connectivity index (χ0n) is 10.5. The number of ether oxygens (including phenoxy) is 1. The Hall–Kier alpha value is -1.85. The van der Waals surface area contributed by atoms with Crippen molar-refractivity contribution in [2.45, 2.75) is 32.4 Å². The molecule has 2 rings (SSSR count). The molecule has 0 heterocycles. The van der Waals surface area contributed by atoms with Crippen LogP contribution in [0.5, 0.6) is 5.75 Å². The summed E-state index contributed by atoms with van der Waals surface area (Å²) in [7, 11) is 0. The van der Waals surface area contributed by atoms with E-state index in [1.807, 2.05) is 6.92 Å². The van der Waals surface area contributed by atoms with Crippen molar-refractivity contribution in [2.24, 2.45) is 5.92 Å². The van der Waals surface area contributed by atoms with Gasteiger partial charge in [0.2, 0.25) is 0 Å². The summed E-state index contributed by atoms with van der Waals surface area (Å²) in [6.45, 7) is -0.877. The molecule has 1 saturated carbocycles. The first-order valence-electron chi connectivity index (χ1n) is 6.17. The van der Waals surface area contributed by atoms with Gasteiger partial charge in [-0.2, -0.15) is 8.78 Å². The average molecular weight is 270 g/mol. The van der Waals surface area contributed by atoms with Gasteiger partial charge in [0.1, 0.15) is 5.75 Å². The summed E-state index contributed by atoms with van der Waals surface area (Å²) in [6.07, 6.45) is 2.31. The normalized spacial score (nSPS) is 16.0. The molecule has 2 amide bonds. The van der Waals surface area contributed by atoms with Crippen molar-refractivity contribution in [3.8, 4) is 5.75 Å². The molecule has 1 aromatic carbocycles. The maximum atomic E-state index is 12.0. The fourth-order valence-corrected chi connectivity index (χ4v) is 1.81. The van der Waals surface area contributed by atoms with Crippen LogP contribution in [0.25, 0.3) is 0 Å². The van der Waals surface area contributed by atoms with E-state index >= 15 is 0 Å². The van der Waals surface area contributed by atoms with Crippen molar-refractivity contribution in [1.29, 1.82) is 0 Å². The number of rotatable bonds is 5. The lowest BCUT2D eigenvalue weighted by atomic mass is 10.2. The van der Waals surface area contributed by atoms with Crippen molar-refractivity contribution in [2.75, 3.05) is 5.32 Å². The van der Waals surface area contributed by atoms with E-state index in [0.29, 0.717) is 11.6 Å². The standard InChI is InChI=1S/C13H16F2N2O2/c1-8(9-2-3-9)16-13(18)17-10-4-6-11(7-5-10)19-12(14)15/h4-9,12H,2-3H2,1H3,(H2,16,17,18). The molecule has 1 unspecified atom stereocenters. The van der Waals surface area contributed by atoms with Gasteiger partial charge in [0.25, 0.3) is 0 Å². The van der Waals surface area contributed by atoms with Crippen LogP contribution in [0, 0.1) is 5.92 Å². The van der Waals surface area contributed by atoms with Crippen LogP contribution in [-0.2, 0) is 0 Å². The summed E-state index contributed by atoms with van der Waals surface area (Å²) in [4.78, 5) is 11.6. The predicted molar refractivity (Wildman–Crippen MR) is 67.4 cm³/mol. The third-order valence-corrected chi connectivity index (χ3v) is 3.03. The minimum atomic E-state index is -2.85. The molecular formula is C13H16F2N2O2. The molecule has 2 N–H and O–H groups in total. The highest BCUT2D eigenvalue weighted by Crippen LogP contribution is 2.32. The Labute approximate surface area is 110 Å². The second-order valence-electron chi connectivity index (χ2n) is 4.63. The van der Waals surface area contributed by atoms with Gasteiger partial charge in [-0.25, -0.2) is 4.79 Å². The van der Waals surface area contributed by atoms with E-state index in [1.54, 1.807) is 0 Å². The van der Waals surface area contributed by atoms with Crippen molar-refractivity contribution >= 4 is 11.7 Å². The lowest BCUT2D eigenvalue weighted by molar-refractivity contribution is -0.0498. The van der Waals surface area contributed by atoms with E-state index in [9.17, 15) is 13.6 Å². The summed E-state index contributed by atoms with van der Waals surface area (Å²) in [5.74, 6) is 0.639. The number of hydrogen-bond acceptors (Lipinski definition) is 2. The summed E-state index contributed by atoms with van der Waals surface area (Å²) < 4.78 is 28.1. The van der Waals surface area contributed by atoms with Gasteiger partial charge in [-0.3, -0.25) is 0 Å². The number of anilines is 1. The van der Waals surface area contributed by atoms with Crippen LogP contribution in [0.3, 0.4) is 0 Å². The van der Waals surface area contributed by atoms with Crippen molar-refractivity contribution < 1.29 is 18.3 Å². The van der Waals surface area contributed by atoms with Crippen LogP contribution < -0.4 is 15.4 Å². The Morgan fingerprint density at radius 3 is 2.47 bits per heavy atom. The molecule has 1 aliphatic rings. The first-order valence-corrected chi connectivity index (χ1v) is 6.17. The molecule has 6 heteroatoms. The molecule has 0 saturated heterocycles. The largest absolute Gasteiger partial charge is 0.435 e. The molecule has 4 nitrogen and oxygen atoms in total. The maximum Gasteiger partial charge on any atom is 0.387 e. The minimum absolute atomic E-state index is 0.0623. The monoisotopic (exact) mass is 270 g/mol. The molecule has 1 aromatic rings. The molecular weight excluding hydrogens is 254 g/mol. The summed E-state index contributed by atoms with van der Waals surface area (Å²) in [6, 6.07) is 5.65. The number of carbonyl (C=O) groups excluding carboxylic acids is 1. The smallest absolute Gasteiger partial charge is 0.387 e. The molecule has 0 radical (unpaired) electrons. The zero-order chi connectivity index (χ0) is 13.8. The van der Waals surface area contributed by atoms with E-state index in [0.717, 1.165) is 12.8 Å². The van der Waals surface area contributed by atoms with E-state index in [-0.39, 0.29) is 17.8 Å². The van der Waals surface area contributed by atoms with Gasteiger partial charge < -0.3 is 15.4 Å². The van der Waals surface area contributed by atoms with Crippen LogP contribution in [0.1, 0.15) is 19.8 Å². The summed E-state index contributed by atoms with van der Waals surface area (Å²) in [5, 5.41) is 5.48. The second-order valence-corrected chi connectivity index (χ2v) is 4.63. The first-order chi connectivity index (χ1) is 9.04. The number of halogens is 2. The van der Waals surface area contributed by atoms with Crippen molar-refractivity contribution in [3.63, 3.8) is 0 Å². The predicted octanol–water partition coefficient (Wildman–Crippen LogP) is 3.21. The molecule has 0 bridgehead atoms. The molecule has 1 atom stereocenters. The third kappa shape index (κ3) is 4.39. The number of hydrogen-bond donors (Lipinski definition) is 2. The van der Waals surface area contributed by atoms with E-state index < -0.39 is 6.61 Å². The number of carbonyl (C=O) groups is 1. The van der Waals surface area contributed by atoms with Gasteiger partial charge in [-0.05, 0) is 49.9 Å². The van der Waals surface area contributed by atoms with Crippen LogP contribution >= 0.6 is 0 Å². The fraction of sp³-hybridized carbons (Fsp3) is 0.462. The number of alkyl halides is 2. The molecule has 0 aromatic heterocycles. The Bertz CT molecular complexity index is 433. The zero-order valence-corrected chi connectivity index (χ0v) is 10.5. The van der Waals surface area contributed by atoms with Gasteiger partial charge in [0.15, 0.2) is 0 Å². The highest BCUT2D eigenvalue weighted by atomic mass is 19.3. The second kappa shape index (κ2) is 5.86. The fourth-order valence-electron chi connectivity index (χ4n) is 1.81. The van der Waals surface area contributed by atoms with Crippen LogP contribution in [-0.4, -0.2) is 18.7 Å². The molecule has 0 aliphatic heterocycles. The number of nitrogens with one attached hydrogen (secondary N) is 2. The quantitative estimate of drug-likeness (QED) is 0.863. The molecule has 19 heavy (non-hydrogen) atoms. The van der Waals surface area contributed by atoms with Gasteiger partial charge in [0.05, 0.1) is 0 Å². The van der Waals surface area contributed by atoms with E-state index in [1.165, 1.54) is 24.3 Å². The van der Waals surface area contributed by atoms with Crippen LogP contribution in [0.2, 0.25) is 0 Å². The van der Waals surface area contributed by atoms with Crippen LogP contribution in [0.4, 0.5) is 19.3 Å². The molecule has 104 valence electrons. The highest BCUT2D eigenvalue weighted by molar-refractivity contribution is 5.89. The van der Waals surface area contributed by atoms with Crippen LogP contribution in [0.15, 0.2) is 24.3 Å². The van der Waals surface area contributed by atoms with Crippen molar-refractivity contribution in [3.05, 3.63) is 24.3 Å².